The summed E-state index contributed by atoms with van der Waals surface area (Å²) in [6.07, 6.45) is 3.98. The van der Waals surface area contributed by atoms with Crippen LogP contribution < -0.4 is 10.6 Å². The first-order chi connectivity index (χ1) is 9.54. The van der Waals surface area contributed by atoms with Gasteiger partial charge in [-0.15, -0.1) is 0 Å². The van der Waals surface area contributed by atoms with Crippen molar-refractivity contribution in [1.82, 2.24) is 0 Å². The van der Waals surface area contributed by atoms with Crippen LogP contribution in [0.4, 0.5) is 10.1 Å². The van der Waals surface area contributed by atoms with E-state index in [1.165, 1.54) is 0 Å². The van der Waals surface area contributed by atoms with Crippen molar-refractivity contribution in [2.45, 2.75) is 58.5 Å². The van der Waals surface area contributed by atoms with Crippen LogP contribution in [0.5, 0.6) is 0 Å². The maximum absolute atomic E-state index is 14.4. The van der Waals surface area contributed by atoms with Crippen LogP contribution in [0.3, 0.4) is 0 Å². The van der Waals surface area contributed by atoms with Crippen molar-refractivity contribution in [3.8, 4) is 0 Å². The van der Waals surface area contributed by atoms with E-state index >= 15 is 0 Å². The first-order valence-electron chi connectivity index (χ1n) is 7.84. The number of hydrogen-bond donors (Lipinski definition) is 1. The van der Waals surface area contributed by atoms with Crippen LogP contribution >= 0.6 is 0 Å². The van der Waals surface area contributed by atoms with Gasteiger partial charge in [0.2, 0.25) is 0 Å². The van der Waals surface area contributed by atoms with Crippen molar-refractivity contribution < 1.29 is 4.39 Å². The molecule has 0 aliphatic carbocycles. The lowest BCUT2D eigenvalue weighted by atomic mass is 9.98. The van der Waals surface area contributed by atoms with Gasteiger partial charge in [-0.1, -0.05) is 32.9 Å². The van der Waals surface area contributed by atoms with Gasteiger partial charge in [-0.05, 0) is 43.2 Å². The fourth-order valence-corrected chi connectivity index (χ4v) is 3.24. The molecule has 0 radical (unpaired) electrons. The van der Waals surface area contributed by atoms with E-state index in [1.807, 2.05) is 6.07 Å². The van der Waals surface area contributed by atoms with Crippen molar-refractivity contribution in [3.63, 3.8) is 0 Å². The van der Waals surface area contributed by atoms with Gasteiger partial charge < -0.3 is 10.6 Å². The Labute approximate surface area is 122 Å². The molecular weight excluding hydrogens is 251 g/mol. The summed E-state index contributed by atoms with van der Waals surface area (Å²) in [7, 11) is 0. The Balaban J connectivity index is 2.34. The second-order valence-electron chi connectivity index (χ2n) is 6.27. The van der Waals surface area contributed by atoms with Gasteiger partial charge in [0.05, 0.1) is 5.69 Å². The Bertz CT molecular complexity index is 445. The molecule has 1 aliphatic heterocycles. The maximum atomic E-state index is 14.4. The van der Waals surface area contributed by atoms with Gasteiger partial charge in [0.25, 0.3) is 0 Å². The third kappa shape index (κ3) is 3.14. The van der Waals surface area contributed by atoms with Gasteiger partial charge in [0.1, 0.15) is 5.82 Å². The summed E-state index contributed by atoms with van der Waals surface area (Å²) >= 11 is 0. The molecule has 2 rings (SSSR count). The molecule has 0 aromatic heterocycles. The first kappa shape index (κ1) is 15.3. The topological polar surface area (TPSA) is 29.3 Å². The minimum Gasteiger partial charge on any atom is -0.366 e. The molecule has 2 nitrogen and oxygen atoms in total. The Morgan fingerprint density at radius 3 is 2.80 bits per heavy atom. The van der Waals surface area contributed by atoms with Crippen molar-refractivity contribution in [2.24, 2.45) is 11.7 Å². The van der Waals surface area contributed by atoms with Gasteiger partial charge in [0, 0.05) is 18.6 Å². The highest BCUT2D eigenvalue weighted by atomic mass is 19.1. The van der Waals surface area contributed by atoms with Crippen molar-refractivity contribution in [1.29, 1.82) is 0 Å². The number of para-hydroxylation sites is 1. The highest BCUT2D eigenvalue weighted by Crippen LogP contribution is 2.34. The van der Waals surface area contributed by atoms with E-state index in [2.05, 4.69) is 25.7 Å². The SMILES string of the molecule is CCC(N)Cc1cccc(F)c1N1CCCC1C(C)C. The summed E-state index contributed by atoms with van der Waals surface area (Å²) in [5.74, 6) is 0.447. The van der Waals surface area contributed by atoms with Crippen LogP contribution in [-0.4, -0.2) is 18.6 Å². The van der Waals surface area contributed by atoms with Gasteiger partial charge in [-0.3, -0.25) is 0 Å². The molecule has 0 amide bonds. The lowest BCUT2D eigenvalue weighted by molar-refractivity contribution is 0.484. The van der Waals surface area contributed by atoms with E-state index in [9.17, 15) is 4.39 Å². The molecule has 1 aromatic rings. The zero-order valence-corrected chi connectivity index (χ0v) is 12.9. The van der Waals surface area contributed by atoms with Crippen molar-refractivity contribution in [3.05, 3.63) is 29.6 Å². The average Bonchev–Trinajstić information content (AvgIpc) is 2.87. The Morgan fingerprint density at radius 1 is 1.40 bits per heavy atom. The average molecular weight is 278 g/mol. The highest BCUT2D eigenvalue weighted by molar-refractivity contribution is 5.57. The van der Waals surface area contributed by atoms with Crippen molar-refractivity contribution in [2.75, 3.05) is 11.4 Å². The van der Waals surface area contributed by atoms with Crippen LogP contribution in [0.2, 0.25) is 0 Å². The zero-order chi connectivity index (χ0) is 14.7. The van der Waals surface area contributed by atoms with E-state index in [1.54, 1.807) is 12.1 Å². The third-order valence-electron chi connectivity index (χ3n) is 4.43. The Morgan fingerprint density at radius 2 is 2.15 bits per heavy atom. The predicted molar refractivity (Wildman–Crippen MR) is 83.6 cm³/mol. The summed E-state index contributed by atoms with van der Waals surface area (Å²) in [6.45, 7) is 7.48. The molecule has 3 heteroatoms. The number of nitrogens with two attached hydrogens (primary N) is 1. The monoisotopic (exact) mass is 278 g/mol. The largest absolute Gasteiger partial charge is 0.366 e. The molecule has 1 aromatic carbocycles. The molecule has 0 saturated carbocycles. The molecule has 2 unspecified atom stereocenters. The van der Waals surface area contributed by atoms with E-state index in [-0.39, 0.29) is 11.9 Å². The normalized spacial score (nSPS) is 20.7. The number of halogens is 1. The lowest BCUT2D eigenvalue weighted by Crippen LogP contribution is -2.35. The second-order valence-corrected chi connectivity index (χ2v) is 6.27. The Hall–Kier alpha value is -1.09. The molecule has 1 aliphatic rings. The summed E-state index contributed by atoms with van der Waals surface area (Å²) in [4.78, 5) is 2.28. The zero-order valence-electron chi connectivity index (χ0n) is 12.9. The molecule has 20 heavy (non-hydrogen) atoms. The van der Waals surface area contributed by atoms with Gasteiger partial charge >= 0.3 is 0 Å². The van der Waals surface area contributed by atoms with E-state index in [0.29, 0.717) is 12.0 Å². The third-order valence-corrected chi connectivity index (χ3v) is 4.43. The molecule has 1 saturated heterocycles. The maximum Gasteiger partial charge on any atom is 0.146 e. The predicted octanol–water partition coefficient (Wildman–Crippen LogP) is 3.73. The number of hydrogen-bond acceptors (Lipinski definition) is 2. The van der Waals surface area contributed by atoms with E-state index < -0.39 is 0 Å². The number of benzene rings is 1. The van der Waals surface area contributed by atoms with E-state index in [4.69, 9.17) is 5.73 Å². The summed E-state index contributed by atoms with van der Waals surface area (Å²) < 4.78 is 14.4. The molecule has 0 bridgehead atoms. The van der Waals surface area contributed by atoms with Crippen LogP contribution in [0.1, 0.15) is 45.6 Å². The summed E-state index contributed by atoms with van der Waals surface area (Å²) in [5, 5.41) is 0. The Kier molecular flexibility index (Phi) is 5.03. The lowest BCUT2D eigenvalue weighted by Gasteiger charge is -2.32. The van der Waals surface area contributed by atoms with E-state index in [0.717, 1.165) is 43.5 Å². The quantitative estimate of drug-likeness (QED) is 0.889. The van der Waals surface area contributed by atoms with Gasteiger partial charge in [-0.25, -0.2) is 4.39 Å². The number of rotatable bonds is 5. The summed E-state index contributed by atoms with van der Waals surface area (Å²) in [6, 6.07) is 5.96. The standard InChI is InChI=1S/C17H27FN2/c1-4-14(19)11-13-7-5-8-15(18)17(13)20-10-6-9-16(20)12(2)3/h5,7-8,12,14,16H,4,6,9-11,19H2,1-3H3. The second kappa shape index (κ2) is 6.57. The van der Waals surface area contributed by atoms with Crippen molar-refractivity contribution >= 4 is 5.69 Å². The van der Waals surface area contributed by atoms with Gasteiger partial charge in [-0.2, -0.15) is 0 Å². The van der Waals surface area contributed by atoms with Crippen LogP contribution in [0.25, 0.3) is 0 Å². The van der Waals surface area contributed by atoms with Crippen LogP contribution in [-0.2, 0) is 6.42 Å². The summed E-state index contributed by atoms with van der Waals surface area (Å²) in [5.41, 5.74) is 7.94. The molecule has 1 fully saturated rings. The molecule has 2 N–H and O–H groups in total. The molecule has 2 atom stereocenters. The smallest absolute Gasteiger partial charge is 0.146 e. The number of anilines is 1. The fourth-order valence-electron chi connectivity index (χ4n) is 3.24. The first-order valence-corrected chi connectivity index (χ1v) is 7.84. The fraction of sp³-hybridized carbons (Fsp3) is 0.647. The van der Waals surface area contributed by atoms with Crippen LogP contribution in [0, 0.1) is 11.7 Å². The van der Waals surface area contributed by atoms with Gasteiger partial charge in [0.15, 0.2) is 0 Å². The minimum absolute atomic E-state index is 0.0987. The minimum atomic E-state index is -0.0987. The molecule has 1 heterocycles. The van der Waals surface area contributed by atoms with Crippen LogP contribution in [0.15, 0.2) is 18.2 Å². The highest BCUT2D eigenvalue weighted by Gasteiger charge is 2.30. The molecule has 0 spiro atoms. The molecule has 112 valence electrons. The molecular formula is C17H27FN2. The number of nitrogens with zero attached hydrogens (tertiary/aromatic N) is 1.